The van der Waals surface area contributed by atoms with Crippen molar-refractivity contribution in [3.05, 3.63) is 17.5 Å². The number of primary amides is 1. The molecule has 10 heteroatoms. The highest BCUT2D eigenvalue weighted by Crippen LogP contribution is 2.42. The van der Waals surface area contributed by atoms with Crippen LogP contribution in [0.4, 0.5) is 9.59 Å². The van der Waals surface area contributed by atoms with Crippen LogP contribution in [-0.2, 0) is 11.9 Å². The summed E-state index contributed by atoms with van der Waals surface area (Å²) in [5.41, 5.74) is 9.19. The summed E-state index contributed by atoms with van der Waals surface area (Å²) in [6, 6.07) is -0.670. The van der Waals surface area contributed by atoms with Crippen LogP contribution in [0.2, 0.25) is 0 Å². The first kappa shape index (κ1) is 14.2. The Bertz CT molecular complexity index is 668. The van der Waals surface area contributed by atoms with Gasteiger partial charge in [-0.3, -0.25) is 9.67 Å². The molecule has 2 atom stereocenters. The summed E-state index contributed by atoms with van der Waals surface area (Å²) < 4.78 is 1.70. The molecule has 1 fully saturated rings. The lowest BCUT2D eigenvalue weighted by Crippen LogP contribution is -2.45. The van der Waals surface area contributed by atoms with Crippen molar-refractivity contribution >= 4 is 18.0 Å². The van der Waals surface area contributed by atoms with E-state index in [9.17, 15) is 9.59 Å². The van der Waals surface area contributed by atoms with Gasteiger partial charge in [0, 0.05) is 33.3 Å². The van der Waals surface area contributed by atoms with E-state index >= 15 is 0 Å². The van der Waals surface area contributed by atoms with Crippen molar-refractivity contribution in [3.8, 4) is 0 Å². The van der Waals surface area contributed by atoms with Gasteiger partial charge in [0.15, 0.2) is 5.84 Å². The maximum Gasteiger partial charge on any atom is 0.428 e. The molecule has 118 valence electrons. The predicted molar refractivity (Wildman–Crippen MR) is 75.7 cm³/mol. The summed E-state index contributed by atoms with van der Waals surface area (Å²) in [5, 5.41) is 4.28. The molecule has 3 N–H and O–H groups in total. The van der Waals surface area contributed by atoms with E-state index in [1.807, 2.05) is 0 Å². The number of hydrogen-bond acceptors (Lipinski definition) is 5. The molecule has 3 amide bonds. The second kappa shape index (κ2) is 4.90. The van der Waals surface area contributed by atoms with E-state index in [1.54, 1.807) is 41.8 Å². The number of nitrogens with one attached hydrogen (secondary N) is 1. The van der Waals surface area contributed by atoms with Gasteiger partial charge in [0.1, 0.15) is 6.04 Å². The molecule has 0 radical (unpaired) electrons. The lowest BCUT2D eigenvalue weighted by atomic mass is 9.97. The number of nitrogens with zero attached hydrogens (tertiary/aromatic N) is 5. The van der Waals surface area contributed by atoms with Crippen molar-refractivity contribution in [2.75, 3.05) is 20.6 Å². The minimum Gasteiger partial charge on any atom is -0.333 e. The average Bonchev–Trinajstić information content (AvgIpc) is 2.98. The van der Waals surface area contributed by atoms with E-state index in [-0.39, 0.29) is 12.1 Å². The predicted octanol–water partition coefficient (Wildman–Crippen LogP) is -0.488. The summed E-state index contributed by atoms with van der Waals surface area (Å²) in [5.74, 6) is 0.311. The van der Waals surface area contributed by atoms with Gasteiger partial charge < -0.3 is 20.4 Å². The minimum atomic E-state index is -0.982. The third kappa shape index (κ3) is 1.87. The zero-order valence-electron chi connectivity index (χ0n) is 12.5. The fraction of sp³-hybridized carbons (Fsp3) is 0.500. The normalized spacial score (nSPS) is 23.6. The van der Waals surface area contributed by atoms with E-state index in [0.29, 0.717) is 12.4 Å². The largest absolute Gasteiger partial charge is 0.428 e. The lowest BCUT2D eigenvalue weighted by molar-refractivity contribution is 0.125. The molecule has 2 aliphatic rings. The standard InChI is InChI=1S/C12H17N7O3/c1-14-10(16-22-11(13)20)9-8-6(4-15-18(8)3)7-5-19(9)12(21)17(7)2/h4,7,9H,5H2,1-3H3,(H2,13,20)(H,14,16)/t7-,9-/m0/s1. The van der Waals surface area contributed by atoms with Crippen molar-refractivity contribution in [1.29, 1.82) is 0 Å². The number of nitrogens with two attached hydrogens (primary N) is 1. The van der Waals surface area contributed by atoms with Crippen LogP contribution in [0.25, 0.3) is 0 Å². The van der Waals surface area contributed by atoms with E-state index in [2.05, 4.69) is 20.4 Å². The van der Waals surface area contributed by atoms with Crippen molar-refractivity contribution in [1.82, 2.24) is 25.1 Å². The Balaban J connectivity index is 2.04. The third-order valence-corrected chi connectivity index (χ3v) is 4.08. The van der Waals surface area contributed by atoms with Crippen molar-refractivity contribution in [2.24, 2.45) is 17.8 Å². The molecule has 2 bridgehead atoms. The van der Waals surface area contributed by atoms with Crippen LogP contribution in [-0.4, -0.2) is 58.2 Å². The van der Waals surface area contributed by atoms with Crippen LogP contribution in [0, 0.1) is 0 Å². The number of amidine groups is 1. The number of hydroxylamine groups is 1. The molecule has 1 aromatic rings. The van der Waals surface area contributed by atoms with Crippen LogP contribution in [0.1, 0.15) is 23.3 Å². The van der Waals surface area contributed by atoms with Gasteiger partial charge in [-0.1, -0.05) is 0 Å². The molecule has 0 aromatic carbocycles. The van der Waals surface area contributed by atoms with E-state index in [0.717, 1.165) is 11.3 Å². The highest BCUT2D eigenvalue weighted by atomic mass is 16.7. The monoisotopic (exact) mass is 307 g/mol. The Kier molecular flexibility index (Phi) is 3.15. The molecule has 3 rings (SSSR count). The zero-order chi connectivity index (χ0) is 16.0. The number of fused-ring (bicyclic) bond motifs is 4. The van der Waals surface area contributed by atoms with E-state index in [1.165, 1.54) is 0 Å². The summed E-state index contributed by atoms with van der Waals surface area (Å²) >= 11 is 0. The molecular formula is C12H17N7O3. The van der Waals surface area contributed by atoms with Crippen molar-refractivity contribution < 1.29 is 14.4 Å². The van der Waals surface area contributed by atoms with Gasteiger partial charge in [0.2, 0.25) is 0 Å². The maximum atomic E-state index is 12.4. The number of urea groups is 1. The Morgan fingerprint density at radius 2 is 2.27 bits per heavy atom. The number of aromatic nitrogens is 2. The molecule has 0 spiro atoms. The van der Waals surface area contributed by atoms with Gasteiger partial charge in [-0.25, -0.2) is 15.1 Å². The van der Waals surface area contributed by atoms with Crippen LogP contribution >= 0.6 is 0 Å². The number of aliphatic imine (C=N–C) groups is 1. The second-order valence-electron chi connectivity index (χ2n) is 5.20. The summed E-state index contributed by atoms with van der Waals surface area (Å²) in [4.78, 5) is 35.3. The highest BCUT2D eigenvalue weighted by molar-refractivity contribution is 5.94. The molecule has 3 heterocycles. The Morgan fingerprint density at radius 1 is 1.55 bits per heavy atom. The highest BCUT2D eigenvalue weighted by Gasteiger charge is 2.49. The van der Waals surface area contributed by atoms with Crippen LogP contribution in [0.15, 0.2) is 11.2 Å². The third-order valence-electron chi connectivity index (χ3n) is 4.08. The number of aryl methyl sites for hydroxylation is 1. The topological polar surface area (TPSA) is 118 Å². The zero-order valence-corrected chi connectivity index (χ0v) is 12.5. The first-order valence-corrected chi connectivity index (χ1v) is 6.70. The van der Waals surface area contributed by atoms with Crippen molar-refractivity contribution in [2.45, 2.75) is 12.1 Å². The molecule has 2 aliphatic heterocycles. The Labute approximate surface area is 126 Å². The van der Waals surface area contributed by atoms with Gasteiger partial charge in [0.25, 0.3) is 0 Å². The van der Waals surface area contributed by atoms with E-state index < -0.39 is 12.1 Å². The molecule has 22 heavy (non-hydrogen) atoms. The fourth-order valence-electron chi connectivity index (χ4n) is 3.05. The van der Waals surface area contributed by atoms with Gasteiger partial charge in [-0.2, -0.15) is 5.10 Å². The molecule has 0 aliphatic carbocycles. The van der Waals surface area contributed by atoms with Crippen LogP contribution < -0.4 is 11.2 Å². The number of rotatable bonds is 1. The smallest absolute Gasteiger partial charge is 0.333 e. The number of carbonyl (C=O) groups excluding carboxylic acids is 2. The van der Waals surface area contributed by atoms with Crippen LogP contribution in [0.3, 0.4) is 0 Å². The molecule has 1 saturated heterocycles. The first-order chi connectivity index (χ1) is 10.5. The minimum absolute atomic E-state index is 0.0392. The summed E-state index contributed by atoms with van der Waals surface area (Å²) in [7, 11) is 5.09. The quantitative estimate of drug-likeness (QED) is 0.412. The number of amides is 3. The van der Waals surface area contributed by atoms with Gasteiger partial charge >= 0.3 is 12.1 Å². The summed E-state index contributed by atoms with van der Waals surface area (Å²) in [6.07, 6.45) is 0.770. The fourth-order valence-corrected chi connectivity index (χ4v) is 3.05. The van der Waals surface area contributed by atoms with Gasteiger partial charge in [0.05, 0.1) is 17.9 Å². The number of hydrogen-bond donors (Lipinski definition) is 2. The van der Waals surface area contributed by atoms with Crippen molar-refractivity contribution in [3.63, 3.8) is 0 Å². The van der Waals surface area contributed by atoms with Crippen LogP contribution in [0.5, 0.6) is 0 Å². The Morgan fingerprint density at radius 3 is 2.91 bits per heavy atom. The lowest BCUT2D eigenvalue weighted by Gasteiger charge is -2.31. The maximum absolute atomic E-state index is 12.4. The van der Waals surface area contributed by atoms with Gasteiger partial charge in [-0.15, -0.1) is 0 Å². The SMILES string of the molecule is CN=C(NOC(N)=O)[C@@H]1c2c(cnn2C)[C@@H]2CN1C(=O)N2C. The number of carbonyl (C=O) groups is 2. The molecule has 1 aromatic heterocycles. The molecule has 10 nitrogen and oxygen atoms in total. The summed E-state index contributed by atoms with van der Waals surface area (Å²) in [6.45, 7) is 0.524. The van der Waals surface area contributed by atoms with E-state index in [4.69, 9.17) is 5.73 Å². The average molecular weight is 307 g/mol. The molecular weight excluding hydrogens is 290 g/mol. The second-order valence-corrected chi connectivity index (χ2v) is 5.20. The molecule has 0 unspecified atom stereocenters. The number of likely N-dealkylation sites (N-methyl/N-ethyl adjacent to an activating group) is 1. The molecule has 0 saturated carbocycles. The van der Waals surface area contributed by atoms with Gasteiger partial charge in [-0.05, 0) is 0 Å². The first-order valence-electron chi connectivity index (χ1n) is 6.70. The Hall–Kier alpha value is -2.78.